The summed E-state index contributed by atoms with van der Waals surface area (Å²) in [5.41, 5.74) is 0.770. The van der Waals surface area contributed by atoms with Gasteiger partial charge in [-0.05, 0) is 77.0 Å². The maximum Gasteiger partial charge on any atom is 0.00925 e. The van der Waals surface area contributed by atoms with E-state index in [1.165, 1.54) is 51.6 Å². The van der Waals surface area contributed by atoms with Gasteiger partial charge < -0.3 is 10.2 Å². The third kappa shape index (κ3) is 3.71. The van der Waals surface area contributed by atoms with E-state index in [9.17, 15) is 0 Å². The molecule has 0 aromatic carbocycles. The van der Waals surface area contributed by atoms with Crippen LogP contribution in [0.3, 0.4) is 0 Å². The molecule has 18 heavy (non-hydrogen) atoms. The first-order valence-electron chi connectivity index (χ1n) is 8.04. The van der Waals surface area contributed by atoms with Gasteiger partial charge in [-0.3, -0.25) is 0 Å². The summed E-state index contributed by atoms with van der Waals surface area (Å²) in [6.07, 6.45) is 8.85. The predicted molar refractivity (Wildman–Crippen MR) is 81.0 cm³/mol. The zero-order valence-electron chi connectivity index (χ0n) is 13.3. The minimum atomic E-state index is 0.770. The Labute approximate surface area is 115 Å². The number of hydrogen-bond acceptors (Lipinski definition) is 2. The van der Waals surface area contributed by atoms with Crippen molar-refractivity contribution in [2.24, 2.45) is 11.3 Å². The number of rotatable bonds is 4. The molecule has 0 unspecified atom stereocenters. The monoisotopic (exact) mass is 254 g/mol. The second-order valence-electron chi connectivity index (χ2n) is 6.14. The highest BCUT2D eigenvalue weighted by Crippen LogP contribution is 2.54. The first-order chi connectivity index (χ1) is 8.69. The molecule has 2 aliphatic carbocycles. The van der Waals surface area contributed by atoms with E-state index in [0.717, 1.165) is 17.4 Å². The zero-order valence-corrected chi connectivity index (χ0v) is 13.3. The average Bonchev–Trinajstić information content (AvgIpc) is 2.39. The fraction of sp³-hybridized carbons (Fsp3) is 1.00. The van der Waals surface area contributed by atoms with Crippen LogP contribution in [0.2, 0.25) is 0 Å². The Balaban J connectivity index is 0.000000771. The van der Waals surface area contributed by atoms with Crippen LogP contribution < -0.4 is 5.32 Å². The number of hydrogen-bond donors (Lipinski definition) is 1. The lowest BCUT2D eigenvalue weighted by atomic mass is 9.55. The van der Waals surface area contributed by atoms with Gasteiger partial charge in [-0.1, -0.05) is 20.8 Å². The molecule has 0 aliphatic heterocycles. The summed E-state index contributed by atoms with van der Waals surface area (Å²) in [4.78, 5) is 2.54. The summed E-state index contributed by atoms with van der Waals surface area (Å²) in [6.45, 7) is 8.72. The first kappa shape index (κ1) is 16.0. The molecular formula is C16H34N2. The van der Waals surface area contributed by atoms with Crippen LogP contribution in [0.5, 0.6) is 0 Å². The van der Waals surface area contributed by atoms with Gasteiger partial charge in [0.2, 0.25) is 0 Å². The van der Waals surface area contributed by atoms with Crippen molar-refractivity contribution in [1.29, 1.82) is 0 Å². The zero-order chi connectivity index (χ0) is 13.6. The molecular weight excluding hydrogens is 220 g/mol. The normalized spacial score (nSPS) is 35.0. The largest absolute Gasteiger partial charge is 0.319 e. The number of nitrogens with one attached hydrogen (secondary N) is 1. The van der Waals surface area contributed by atoms with E-state index >= 15 is 0 Å². The molecule has 2 heteroatoms. The summed E-state index contributed by atoms with van der Waals surface area (Å²) in [6, 6.07) is 0.874. The van der Waals surface area contributed by atoms with Crippen LogP contribution in [0.15, 0.2) is 0 Å². The standard InChI is InChI=1S/C14H28N2.C2H6/c1-4-16(3)13-5-7-14(8-6-13)9-12(10-14)11-15-2;1-2/h12-13,15H,4-11H2,1-3H3;1-2H3. The van der Waals surface area contributed by atoms with Crippen LogP contribution in [0, 0.1) is 11.3 Å². The molecule has 2 saturated carbocycles. The lowest BCUT2D eigenvalue weighted by Crippen LogP contribution is -2.46. The van der Waals surface area contributed by atoms with Crippen LogP contribution >= 0.6 is 0 Å². The SMILES string of the molecule is CC.CCN(C)C1CCC2(CC1)CC(CNC)C2. The van der Waals surface area contributed by atoms with E-state index in [1.54, 1.807) is 0 Å². The second-order valence-corrected chi connectivity index (χ2v) is 6.14. The summed E-state index contributed by atoms with van der Waals surface area (Å²) in [7, 11) is 4.37. The van der Waals surface area contributed by atoms with Crippen molar-refractivity contribution in [3.05, 3.63) is 0 Å². The van der Waals surface area contributed by atoms with Gasteiger partial charge in [0.25, 0.3) is 0 Å². The Bertz CT molecular complexity index is 211. The van der Waals surface area contributed by atoms with E-state index in [0.29, 0.717) is 0 Å². The topological polar surface area (TPSA) is 15.3 Å². The molecule has 0 saturated heterocycles. The minimum absolute atomic E-state index is 0.770. The van der Waals surface area contributed by atoms with Crippen molar-refractivity contribution >= 4 is 0 Å². The fourth-order valence-electron chi connectivity index (χ4n) is 3.92. The van der Waals surface area contributed by atoms with Crippen LogP contribution in [0.4, 0.5) is 0 Å². The van der Waals surface area contributed by atoms with Crippen LogP contribution in [0.25, 0.3) is 0 Å². The molecule has 2 aliphatic rings. The summed E-state index contributed by atoms with van der Waals surface area (Å²) < 4.78 is 0. The Hall–Kier alpha value is -0.0800. The molecule has 0 atom stereocenters. The Morgan fingerprint density at radius 3 is 2.17 bits per heavy atom. The molecule has 0 heterocycles. The van der Waals surface area contributed by atoms with Gasteiger partial charge in [-0.25, -0.2) is 0 Å². The third-order valence-corrected chi connectivity index (χ3v) is 5.07. The molecule has 2 rings (SSSR count). The van der Waals surface area contributed by atoms with E-state index in [1.807, 2.05) is 13.8 Å². The van der Waals surface area contributed by atoms with Gasteiger partial charge in [0, 0.05) is 6.04 Å². The van der Waals surface area contributed by atoms with Gasteiger partial charge in [0.1, 0.15) is 0 Å². The van der Waals surface area contributed by atoms with Crippen molar-refractivity contribution in [3.8, 4) is 0 Å². The maximum absolute atomic E-state index is 3.32. The Kier molecular flexibility index (Phi) is 6.65. The summed E-state index contributed by atoms with van der Waals surface area (Å²) >= 11 is 0. The second kappa shape index (κ2) is 7.49. The van der Waals surface area contributed by atoms with Crippen molar-refractivity contribution in [2.45, 2.75) is 65.3 Å². The highest BCUT2D eigenvalue weighted by Gasteiger charge is 2.45. The van der Waals surface area contributed by atoms with E-state index in [2.05, 4.69) is 31.2 Å². The first-order valence-corrected chi connectivity index (χ1v) is 8.04. The van der Waals surface area contributed by atoms with E-state index < -0.39 is 0 Å². The molecule has 0 amide bonds. The molecule has 2 nitrogen and oxygen atoms in total. The van der Waals surface area contributed by atoms with Gasteiger partial charge in [0.15, 0.2) is 0 Å². The van der Waals surface area contributed by atoms with Crippen molar-refractivity contribution < 1.29 is 0 Å². The number of nitrogens with zero attached hydrogens (tertiary/aromatic N) is 1. The Morgan fingerprint density at radius 2 is 1.72 bits per heavy atom. The molecule has 0 radical (unpaired) electrons. The fourth-order valence-corrected chi connectivity index (χ4v) is 3.92. The molecule has 0 aromatic heterocycles. The van der Waals surface area contributed by atoms with Crippen LogP contribution in [0.1, 0.15) is 59.3 Å². The third-order valence-electron chi connectivity index (χ3n) is 5.07. The highest BCUT2D eigenvalue weighted by molar-refractivity contribution is 4.98. The molecule has 0 aromatic rings. The van der Waals surface area contributed by atoms with Gasteiger partial charge in [-0.2, -0.15) is 0 Å². The van der Waals surface area contributed by atoms with Gasteiger partial charge in [0.05, 0.1) is 0 Å². The maximum atomic E-state index is 3.32. The minimum Gasteiger partial charge on any atom is -0.319 e. The summed E-state index contributed by atoms with van der Waals surface area (Å²) in [5.74, 6) is 0.977. The van der Waals surface area contributed by atoms with Crippen molar-refractivity contribution in [1.82, 2.24) is 10.2 Å². The van der Waals surface area contributed by atoms with Crippen LogP contribution in [-0.2, 0) is 0 Å². The van der Waals surface area contributed by atoms with Gasteiger partial charge >= 0.3 is 0 Å². The Morgan fingerprint density at radius 1 is 1.17 bits per heavy atom. The highest BCUT2D eigenvalue weighted by atomic mass is 15.1. The lowest BCUT2D eigenvalue weighted by molar-refractivity contribution is -0.00683. The van der Waals surface area contributed by atoms with Crippen molar-refractivity contribution in [3.63, 3.8) is 0 Å². The van der Waals surface area contributed by atoms with Gasteiger partial charge in [-0.15, -0.1) is 0 Å². The predicted octanol–water partition coefficient (Wildman–Crippen LogP) is 3.52. The van der Waals surface area contributed by atoms with E-state index in [-0.39, 0.29) is 0 Å². The lowest BCUT2D eigenvalue weighted by Gasteiger charge is -2.52. The quantitative estimate of drug-likeness (QED) is 0.826. The molecule has 2 fully saturated rings. The van der Waals surface area contributed by atoms with Crippen molar-refractivity contribution in [2.75, 3.05) is 27.2 Å². The molecule has 1 spiro atoms. The smallest absolute Gasteiger partial charge is 0.00925 e. The molecule has 108 valence electrons. The summed E-state index contributed by atoms with van der Waals surface area (Å²) in [5, 5.41) is 3.32. The van der Waals surface area contributed by atoms with Crippen LogP contribution in [-0.4, -0.2) is 38.1 Å². The molecule has 0 bridgehead atoms. The molecule has 1 N–H and O–H groups in total. The van der Waals surface area contributed by atoms with E-state index in [4.69, 9.17) is 0 Å². The average molecular weight is 254 g/mol.